The third kappa shape index (κ3) is 3.38. The smallest absolute Gasteiger partial charge is 0.251 e. The van der Waals surface area contributed by atoms with Crippen molar-refractivity contribution in [1.82, 2.24) is 10.3 Å². The lowest BCUT2D eigenvalue weighted by Crippen LogP contribution is -2.42. The third-order valence-electron chi connectivity index (χ3n) is 4.37. The zero-order chi connectivity index (χ0) is 17.1. The van der Waals surface area contributed by atoms with Crippen LogP contribution < -0.4 is 10.1 Å². The molecule has 2 aromatic carbocycles. The van der Waals surface area contributed by atoms with E-state index in [1.807, 2.05) is 60.7 Å². The van der Waals surface area contributed by atoms with E-state index in [2.05, 4.69) is 10.3 Å². The summed E-state index contributed by atoms with van der Waals surface area (Å²) in [6.45, 7) is 0.498. The van der Waals surface area contributed by atoms with Crippen LogP contribution >= 0.6 is 0 Å². The van der Waals surface area contributed by atoms with Gasteiger partial charge in [0.25, 0.3) is 5.91 Å². The van der Waals surface area contributed by atoms with E-state index >= 15 is 0 Å². The summed E-state index contributed by atoms with van der Waals surface area (Å²) in [6, 6.07) is 19.5. The Kier molecular flexibility index (Phi) is 4.17. The molecular weight excluding hydrogens is 312 g/mol. The first-order valence-electron chi connectivity index (χ1n) is 8.31. The molecule has 1 aliphatic heterocycles. The number of carbonyl (C=O) groups is 1. The summed E-state index contributed by atoms with van der Waals surface area (Å²) in [5.74, 6) is 0.837. The minimum atomic E-state index is -0.0748. The highest BCUT2D eigenvalue weighted by atomic mass is 16.5. The summed E-state index contributed by atoms with van der Waals surface area (Å²) < 4.78 is 5.73. The molecule has 25 heavy (non-hydrogen) atoms. The summed E-state index contributed by atoms with van der Waals surface area (Å²) >= 11 is 0. The molecule has 4 heteroatoms. The number of aromatic nitrogens is 1. The Bertz CT molecular complexity index is 876. The molecule has 124 valence electrons. The number of rotatable bonds is 3. The Labute approximate surface area is 146 Å². The normalized spacial score (nSPS) is 15.8. The van der Waals surface area contributed by atoms with E-state index in [-0.39, 0.29) is 11.9 Å². The van der Waals surface area contributed by atoms with Crippen molar-refractivity contribution in [3.05, 3.63) is 84.2 Å². The van der Waals surface area contributed by atoms with E-state index in [4.69, 9.17) is 4.74 Å². The number of carbonyl (C=O) groups excluding carboxylic acids is 1. The van der Waals surface area contributed by atoms with Crippen molar-refractivity contribution in [2.75, 3.05) is 6.61 Å². The van der Waals surface area contributed by atoms with Crippen molar-refractivity contribution in [3.8, 4) is 16.9 Å². The second kappa shape index (κ2) is 6.77. The van der Waals surface area contributed by atoms with Crippen LogP contribution in [0.5, 0.6) is 5.75 Å². The molecule has 0 aliphatic carbocycles. The fourth-order valence-corrected chi connectivity index (χ4v) is 3.05. The van der Waals surface area contributed by atoms with Crippen LogP contribution in [0.15, 0.2) is 73.1 Å². The van der Waals surface area contributed by atoms with Crippen LogP contribution in [0.2, 0.25) is 0 Å². The lowest BCUT2D eigenvalue weighted by molar-refractivity contribution is 0.0915. The maximum atomic E-state index is 12.5. The molecule has 0 saturated heterocycles. The summed E-state index contributed by atoms with van der Waals surface area (Å²) in [7, 11) is 0. The van der Waals surface area contributed by atoms with Crippen LogP contribution in [0.1, 0.15) is 15.9 Å². The van der Waals surface area contributed by atoms with Crippen LogP contribution in [-0.4, -0.2) is 23.5 Å². The number of ether oxygens (including phenoxy) is 1. The SMILES string of the molecule is O=C(NC1COc2ccccc2C1)c1ccc(-c2ccncc2)cc1. The van der Waals surface area contributed by atoms with Gasteiger partial charge in [-0.15, -0.1) is 0 Å². The van der Waals surface area contributed by atoms with Crippen LogP contribution in [0, 0.1) is 0 Å². The number of fused-ring (bicyclic) bond motifs is 1. The van der Waals surface area contributed by atoms with E-state index in [9.17, 15) is 4.79 Å². The van der Waals surface area contributed by atoms with E-state index in [0.29, 0.717) is 12.2 Å². The molecule has 4 rings (SSSR count). The molecule has 0 saturated carbocycles. The Morgan fingerprint density at radius 3 is 2.48 bits per heavy atom. The molecule has 4 nitrogen and oxygen atoms in total. The topological polar surface area (TPSA) is 51.2 Å². The molecule has 1 atom stereocenters. The highest BCUT2D eigenvalue weighted by molar-refractivity contribution is 5.94. The molecule has 2 heterocycles. The lowest BCUT2D eigenvalue weighted by atomic mass is 10.0. The van der Waals surface area contributed by atoms with E-state index in [1.54, 1.807) is 12.4 Å². The number of hydrogen-bond acceptors (Lipinski definition) is 3. The van der Waals surface area contributed by atoms with E-state index in [1.165, 1.54) is 0 Å². The molecule has 0 radical (unpaired) electrons. The van der Waals surface area contributed by atoms with Crippen LogP contribution in [0.3, 0.4) is 0 Å². The molecule has 1 amide bonds. The van der Waals surface area contributed by atoms with Crippen molar-refractivity contribution >= 4 is 5.91 Å². The number of nitrogens with one attached hydrogen (secondary N) is 1. The maximum absolute atomic E-state index is 12.5. The Hall–Kier alpha value is -3.14. The highest BCUT2D eigenvalue weighted by Gasteiger charge is 2.21. The van der Waals surface area contributed by atoms with Crippen molar-refractivity contribution in [2.45, 2.75) is 12.5 Å². The highest BCUT2D eigenvalue weighted by Crippen LogP contribution is 2.24. The molecule has 0 bridgehead atoms. The van der Waals surface area contributed by atoms with Crippen molar-refractivity contribution in [3.63, 3.8) is 0 Å². The molecular formula is C21H18N2O2. The van der Waals surface area contributed by atoms with Gasteiger partial charge in [-0.2, -0.15) is 0 Å². The first-order chi connectivity index (χ1) is 12.3. The van der Waals surface area contributed by atoms with Gasteiger partial charge in [0.2, 0.25) is 0 Å². The second-order valence-electron chi connectivity index (χ2n) is 6.11. The average molecular weight is 330 g/mol. The third-order valence-corrected chi connectivity index (χ3v) is 4.37. The molecule has 0 fully saturated rings. The maximum Gasteiger partial charge on any atom is 0.251 e. The van der Waals surface area contributed by atoms with Gasteiger partial charge in [-0.25, -0.2) is 0 Å². The second-order valence-corrected chi connectivity index (χ2v) is 6.11. The summed E-state index contributed by atoms with van der Waals surface area (Å²) in [6.07, 6.45) is 4.31. The van der Waals surface area contributed by atoms with Gasteiger partial charge in [0.15, 0.2) is 0 Å². The molecule has 3 aromatic rings. The van der Waals surface area contributed by atoms with Gasteiger partial charge in [-0.1, -0.05) is 30.3 Å². The monoisotopic (exact) mass is 330 g/mol. The summed E-state index contributed by atoms with van der Waals surface area (Å²) in [5.41, 5.74) is 3.93. The predicted molar refractivity (Wildman–Crippen MR) is 96.6 cm³/mol. The number of para-hydroxylation sites is 1. The summed E-state index contributed by atoms with van der Waals surface area (Å²) in [5, 5.41) is 3.06. The zero-order valence-electron chi connectivity index (χ0n) is 13.7. The molecule has 1 aliphatic rings. The van der Waals surface area contributed by atoms with E-state index < -0.39 is 0 Å². The largest absolute Gasteiger partial charge is 0.491 e. The average Bonchev–Trinajstić information content (AvgIpc) is 2.69. The fourth-order valence-electron chi connectivity index (χ4n) is 3.05. The number of benzene rings is 2. The predicted octanol–water partition coefficient (Wildman–Crippen LogP) is 3.48. The first-order valence-corrected chi connectivity index (χ1v) is 8.31. The van der Waals surface area contributed by atoms with Crippen LogP contribution in [-0.2, 0) is 6.42 Å². The summed E-state index contributed by atoms with van der Waals surface area (Å²) in [4.78, 5) is 16.5. The number of hydrogen-bond donors (Lipinski definition) is 1. The van der Waals surface area contributed by atoms with Crippen LogP contribution in [0.4, 0.5) is 0 Å². The lowest BCUT2D eigenvalue weighted by Gasteiger charge is -2.26. The van der Waals surface area contributed by atoms with Crippen molar-refractivity contribution < 1.29 is 9.53 Å². The molecule has 1 unspecified atom stereocenters. The van der Waals surface area contributed by atoms with Gasteiger partial charge < -0.3 is 10.1 Å². The Morgan fingerprint density at radius 1 is 0.960 bits per heavy atom. The minimum absolute atomic E-state index is 0.0118. The van der Waals surface area contributed by atoms with Crippen molar-refractivity contribution in [2.24, 2.45) is 0 Å². The van der Waals surface area contributed by atoms with Crippen LogP contribution in [0.25, 0.3) is 11.1 Å². The minimum Gasteiger partial charge on any atom is -0.491 e. The van der Waals surface area contributed by atoms with Gasteiger partial charge in [0.1, 0.15) is 12.4 Å². The number of pyridine rings is 1. The van der Waals surface area contributed by atoms with Gasteiger partial charge in [-0.3, -0.25) is 9.78 Å². The fraction of sp³-hybridized carbons (Fsp3) is 0.143. The number of amides is 1. The first kappa shape index (κ1) is 15.4. The molecule has 1 aromatic heterocycles. The molecule has 1 N–H and O–H groups in total. The van der Waals surface area contributed by atoms with Gasteiger partial charge in [-0.05, 0) is 53.4 Å². The van der Waals surface area contributed by atoms with E-state index in [0.717, 1.165) is 28.9 Å². The quantitative estimate of drug-likeness (QED) is 0.800. The Balaban J connectivity index is 1.43. The van der Waals surface area contributed by atoms with Crippen molar-refractivity contribution in [1.29, 1.82) is 0 Å². The van der Waals surface area contributed by atoms with Gasteiger partial charge in [0, 0.05) is 18.0 Å². The zero-order valence-corrected chi connectivity index (χ0v) is 13.7. The number of nitrogens with zero attached hydrogens (tertiary/aromatic N) is 1. The van der Waals surface area contributed by atoms with Gasteiger partial charge in [0.05, 0.1) is 6.04 Å². The molecule has 0 spiro atoms. The van der Waals surface area contributed by atoms with Gasteiger partial charge >= 0.3 is 0 Å². The standard InChI is InChI=1S/C21H18N2O2/c24-21(23-19-13-18-3-1-2-4-20(18)25-14-19)17-7-5-15(6-8-17)16-9-11-22-12-10-16/h1-12,19H,13-14H2,(H,23,24). The Morgan fingerprint density at radius 2 is 1.68 bits per heavy atom.